The van der Waals surface area contributed by atoms with E-state index in [-0.39, 0.29) is 12.1 Å². The molecule has 5 nitrogen and oxygen atoms in total. The molecule has 1 N–H and O–H groups in total. The molecule has 0 saturated carbocycles. The van der Waals surface area contributed by atoms with Gasteiger partial charge >= 0.3 is 17.6 Å². The van der Waals surface area contributed by atoms with E-state index < -0.39 is 5.54 Å². The van der Waals surface area contributed by atoms with Crippen molar-refractivity contribution >= 4 is 17.7 Å². The molecule has 1 aliphatic rings. The molecule has 1 heterocycles. The molecule has 0 bridgehead atoms. The fraction of sp³-hybridized carbons (Fsp3) is 0.250. The van der Waals surface area contributed by atoms with Crippen LogP contribution in [0.4, 0.5) is 5.69 Å². The molecule has 1 amide bonds. The third kappa shape index (κ3) is 2.07. The highest BCUT2D eigenvalue weighted by Crippen LogP contribution is 2.38. The number of nitrogens with one attached hydrogen (secondary N) is 1. The van der Waals surface area contributed by atoms with Crippen LogP contribution in [0.2, 0.25) is 0 Å². The van der Waals surface area contributed by atoms with E-state index in [9.17, 15) is 4.79 Å². The van der Waals surface area contributed by atoms with Gasteiger partial charge in [0.15, 0.2) is 0 Å². The summed E-state index contributed by atoms with van der Waals surface area (Å²) in [5.74, 6) is -0.229. The van der Waals surface area contributed by atoms with E-state index in [1.165, 1.54) is 0 Å². The van der Waals surface area contributed by atoms with E-state index in [4.69, 9.17) is 16.2 Å². The zero-order valence-electron chi connectivity index (χ0n) is 9.40. The molecule has 5 heteroatoms. The van der Waals surface area contributed by atoms with Gasteiger partial charge in [0, 0.05) is 6.92 Å². The zero-order chi connectivity index (χ0) is 13.1. The van der Waals surface area contributed by atoms with Crippen molar-refractivity contribution < 1.29 is 14.4 Å². The Balaban J connectivity index is 0.000000437. The van der Waals surface area contributed by atoms with Crippen molar-refractivity contribution in [2.24, 2.45) is 0 Å². The lowest BCUT2D eigenvalue weighted by atomic mass is 9.94. The van der Waals surface area contributed by atoms with Gasteiger partial charge in [0.2, 0.25) is 0 Å². The molecule has 0 fully saturated rings. The van der Waals surface area contributed by atoms with Gasteiger partial charge in [-0.1, -0.05) is 6.07 Å². The minimum absolute atomic E-state index is 0.229. The first-order chi connectivity index (χ1) is 7.99. The summed E-state index contributed by atoms with van der Waals surface area (Å²) in [6.45, 7) is 10.7. The first-order valence-electron chi connectivity index (χ1n) is 4.80. The van der Waals surface area contributed by atoms with Gasteiger partial charge in [-0.25, -0.2) is 6.57 Å². The number of amides is 1. The van der Waals surface area contributed by atoms with Crippen LogP contribution in [0.1, 0.15) is 18.1 Å². The molecule has 0 saturated heterocycles. The number of hydrogen-bond acceptors (Lipinski definition) is 3. The molecule has 0 aromatic heterocycles. The fourth-order valence-electron chi connectivity index (χ4n) is 1.66. The third-order valence-electron chi connectivity index (χ3n) is 2.61. The van der Waals surface area contributed by atoms with Gasteiger partial charge in [0.1, 0.15) is 0 Å². The van der Waals surface area contributed by atoms with Crippen molar-refractivity contribution in [1.82, 2.24) is 0 Å². The number of carbonyl (C=O) groups is 1. The van der Waals surface area contributed by atoms with Crippen LogP contribution in [0.3, 0.4) is 0 Å². The number of hydrogen-bond donors (Lipinski definition) is 1. The molecule has 0 radical (unpaired) electrons. The minimum atomic E-state index is -1.04. The average Bonchev–Trinajstić information content (AvgIpc) is 2.52. The van der Waals surface area contributed by atoms with Gasteiger partial charge in [-0.3, -0.25) is 9.64 Å². The summed E-state index contributed by atoms with van der Waals surface area (Å²) in [5, 5.41) is 2.73. The Labute approximate surface area is 98.3 Å². The van der Waals surface area contributed by atoms with E-state index in [0.29, 0.717) is 0 Å². The van der Waals surface area contributed by atoms with Crippen molar-refractivity contribution in [2.75, 3.05) is 5.32 Å². The molecule has 1 aromatic rings. The molecular weight excluding hydrogens is 220 g/mol. The van der Waals surface area contributed by atoms with Gasteiger partial charge in [0.05, 0.1) is 11.3 Å². The van der Waals surface area contributed by atoms with Gasteiger partial charge in [-0.2, -0.15) is 9.59 Å². The fourth-order valence-corrected chi connectivity index (χ4v) is 1.66. The summed E-state index contributed by atoms with van der Waals surface area (Å²) in [4.78, 5) is 31.2. The quantitative estimate of drug-likeness (QED) is 0.687. The van der Waals surface area contributed by atoms with E-state index in [1.807, 2.05) is 25.1 Å². The van der Waals surface area contributed by atoms with Crippen molar-refractivity contribution in [3.8, 4) is 0 Å². The Hall–Kier alpha value is -2.44. The normalized spacial score (nSPS) is 20.2. The van der Waals surface area contributed by atoms with Crippen molar-refractivity contribution in [2.45, 2.75) is 19.4 Å². The summed E-state index contributed by atoms with van der Waals surface area (Å²) < 4.78 is 0. The highest BCUT2D eigenvalue weighted by Gasteiger charge is 2.49. The van der Waals surface area contributed by atoms with E-state index in [0.717, 1.165) is 16.8 Å². The van der Waals surface area contributed by atoms with Crippen LogP contribution in [-0.4, -0.2) is 12.1 Å². The Morgan fingerprint density at radius 2 is 2.00 bits per heavy atom. The summed E-state index contributed by atoms with van der Waals surface area (Å²) in [6, 6.07) is 5.66. The molecule has 1 aliphatic heterocycles. The van der Waals surface area contributed by atoms with E-state index in [1.54, 1.807) is 6.92 Å². The lowest BCUT2D eigenvalue weighted by molar-refractivity contribution is -0.191. The maximum atomic E-state index is 11.6. The molecule has 2 rings (SSSR count). The van der Waals surface area contributed by atoms with Crippen LogP contribution in [0.15, 0.2) is 18.2 Å². The van der Waals surface area contributed by atoms with Crippen LogP contribution in [0.25, 0.3) is 4.85 Å². The molecule has 86 valence electrons. The van der Waals surface area contributed by atoms with Crippen molar-refractivity contribution in [1.29, 1.82) is 0 Å². The second kappa shape index (κ2) is 4.60. The zero-order valence-corrected chi connectivity index (χ0v) is 9.40. The monoisotopic (exact) mass is 230 g/mol. The largest absolute Gasteiger partial charge is 0.373 e. The standard InChI is InChI=1S/C11H10N2O.CO2/c1-7-4-5-8-9(6-7)13-10(14)11(8,2)12-3;2-1-3/h4-6H,1-2H3,(H,13,14);. The topological polar surface area (TPSA) is 67.6 Å². The van der Waals surface area contributed by atoms with Gasteiger partial charge < -0.3 is 5.32 Å². The number of anilines is 1. The summed E-state index contributed by atoms with van der Waals surface area (Å²) >= 11 is 0. The van der Waals surface area contributed by atoms with Crippen LogP contribution >= 0.6 is 0 Å². The number of aryl methyl sites for hydroxylation is 1. The second-order valence-corrected chi connectivity index (χ2v) is 3.77. The number of carbonyl (C=O) groups excluding carboxylic acids is 3. The molecule has 1 unspecified atom stereocenters. The summed E-state index contributed by atoms with van der Waals surface area (Å²) in [6.07, 6.45) is 0.250. The third-order valence-corrected chi connectivity index (χ3v) is 2.61. The molecule has 17 heavy (non-hydrogen) atoms. The lowest BCUT2D eigenvalue weighted by Crippen LogP contribution is -2.26. The second-order valence-electron chi connectivity index (χ2n) is 3.77. The Kier molecular flexibility index (Phi) is 3.42. The van der Waals surface area contributed by atoms with Crippen LogP contribution in [-0.2, 0) is 19.9 Å². The predicted octanol–water partition coefficient (Wildman–Crippen LogP) is 1.50. The van der Waals surface area contributed by atoms with E-state index in [2.05, 4.69) is 10.2 Å². The first kappa shape index (κ1) is 12.6. The minimum Gasteiger partial charge on any atom is -0.318 e. The average molecular weight is 230 g/mol. The maximum absolute atomic E-state index is 11.6. The van der Waals surface area contributed by atoms with Crippen LogP contribution < -0.4 is 5.32 Å². The molecule has 1 aromatic carbocycles. The van der Waals surface area contributed by atoms with Gasteiger partial charge in [0.25, 0.3) is 0 Å². The highest BCUT2D eigenvalue weighted by atomic mass is 16.2. The number of nitrogens with zero attached hydrogens (tertiary/aromatic N) is 1. The summed E-state index contributed by atoms with van der Waals surface area (Å²) in [5.41, 5.74) is 1.60. The predicted molar refractivity (Wildman–Crippen MR) is 58.8 cm³/mol. The maximum Gasteiger partial charge on any atom is 0.373 e. The van der Waals surface area contributed by atoms with Gasteiger partial charge in [-0.05, 0) is 24.6 Å². The Morgan fingerprint density at radius 3 is 2.53 bits per heavy atom. The number of rotatable bonds is 0. The van der Waals surface area contributed by atoms with E-state index >= 15 is 0 Å². The molecule has 1 atom stereocenters. The van der Waals surface area contributed by atoms with Crippen molar-refractivity contribution in [3.63, 3.8) is 0 Å². The smallest absolute Gasteiger partial charge is 0.318 e. The van der Waals surface area contributed by atoms with Crippen LogP contribution in [0, 0.1) is 13.5 Å². The van der Waals surface area contributed by atoms with Gasteiger partial charge in [-0.15, -0.1) is 0 Å². The molecule has 0 spiro atoms. The number of fused-ring (bicyclic) bond motifs is 1. The number of benzene rings is 1. The van der Waals surface area contributed by atoms with Crippen LogP contribution in [0.5, 0.6) is 0 Å². The highest BCUT2D eigenvalue weighted by molar-refractivity contribution is 6.06. The van der Waals surface area contributed by atoms with Crippen molar-refractivity contribution in [3.05, 3.63) is 40.7 Å². The Morgan fingerprint density at radius 1 is 1.41 bits per heavy atom. The molecular formula is C12H10N2O3. The Bertz CT molecular complexity index is 539. The SMILES string of the molecule is O=C=O.[C-]#[N+]C1(C)C(=O)Nc2cc(C)ccc21. The lowest BCUT2D eigenvalue weighted by Gasteiger charge is -2.06. The molecule has 0 aliphatic carbocycles. The first-order valence-corrected chi connectivity index (χ1v) is 4.80. The summed E-state index contributed by atoms with van der Waals surface area (Å²) in [7, 11) is 0.